The number of aliphatic carboxylic acids is 1. The Bertz CT molecular complexity index is 1170. The number of unbranched alkanes of at least 4 members (excludes halogenated alkanes) is 2. The largest absolute Gasteiger partial charge is 0.481 e. The van der Waals surface area contributed by atoms with Crippen molar-refractivity contribution in [2.45, 2.75) is 38.0 Å². The Kier molecular flexibility index (Phi) is 8.00. The minimum absolute atomic E-state index is 0.0149. The second-order valence-corrected chi connectivity index (χ2v) is 9.17. The number of hydrogen-bond acceptors (Lipinski definition) is 5. The Balaban J connectivity index is 1.80. The molecule has 0 radical (unpaired) electrons. The number of alkyl halides is 6. The predicted octanol–water partition coefficient (Wildman–Crippen LogP) is 6.83. The van der Waals surface area contributed by atoms with E-state index < -0.39 is 46.7 Å². The second kappa shape index (κ2) is 10.4. The lowest BCUT2D eigenvalue weighted by Gasteiger charge is -2.14. The van der Waals surface area contributed by atoms with Gasteiger partial charge >= 0.3 is 18.3 Å². The smallest absolute Gasteiger partial charge is 0.417 e. The zero-order chi connectivity index (χ0) is 26.0. The van der Waals surface area contributed by atoms with E-state index in [-0.39, 0.29) is 28.0 Å². The van der Waals surface area contributed by atoms with E-state index in [1.165, 1.54) is 17.0 Å². The van der Waals surface area contributed by atoms with Crippen molar-refractivity contribution < 1.29 is 45.5 Å². The molecule has 0 unspecified atom stereocenters. The maximum atomic E-state index is 13.4. The lowest BCUT2D eigenvalue weighted by molar-refractivity contribution is -0.141. The molecule has 1 fully saturated rings. The zero-order valence-electron chi connectivity index (χ0n) is 17.7. The highest BCUT2D eigenvalue weighted by Crippen LogP contribution is 2.41. The zero-order valence-corrected chi connectivity index (χ0v) is 19.3. The van der Waals surface area contributed by atoms with E-state index in [0.717, 1.165) is 17.8 Å². The number of furan rings is 1. The van der Waals surface area contributed by atoms with Gasteiger partial charge in [0.15, 0.2) is 0 Å². The molecule has 1 aromatic carbocycles. The van der Waals surface area contributed by atoms with Crippen LogP contribution in [-0.4, -0.2) is 32.7 Å². The monoisotopic (exact) mass is 537 g/mol. The van der Waals surface area contributed by atoms with Crippen molar-refractivity contribution >= 4 is 46.3 Å². The molecule has 0 spiro atoms. The molecular formula is C22H17F6NO4S2. The number of hydrogen-bond donors (Lipinski definition) is 1. The third-order valence-electron chi connectivity index (χ3n) is 4.96. The molecule has 0 bridgehead atoms. The van der Waals surface area contributed by atoms with Crippen molar-refractivity contribution in [2.75, 3.05) is 6.54 Å². The van der Waals surface area contributed by atoms with Crippen LogP contribution >= 0.6 is 24.0 Å². The summed E-state index contributed by atoms with van der Waals surface area (Å²) in [5, 5.41) is 8.65. The van der Waals surface area contributed by atoms with Gasteiger partial charge in [-0.2, -0.15) is 26.3 Å². The van der Waals surface area contributed by atoms with Crippen LogP contribution in [0.15, 0.2) is 39.7 Å². The van der Waals surface area contributed by atoms with Gasteiger partial charge in [-0.05, 0) is 43.2 Å². The number of thioether (sulfide) groups is 1. The Morgan fingerprint density at radius 3 is 2.40 bits per heavy atom. The molecule has 1 N–H and O–H groups in total. The van der Waals surface area contributed by atoms with E-state index in [2.05, 4.69) is 0 Å². The molecule has 2 aromatic rings. The lowest BCUT2D eigenvalue weighted by atomic mass is 10.0. The van der Waals surface area contributed by atoms with Gasteiger partial charge in [0.1, 0.15) is 15.8 Å². The molecule has 13 heteroatoms. The number of thiocarbonyl (C=S) groups is 1. The van der Waals surface area contributed by atoms with E-state index in [4.69, 9.17) is 21.7 Å². The summed E-state index contributed by atoms with van der Waals surface area (Å²) in [7, 11) is 0. The van der Waals surface area contributed by atoms with Crippen LogP contribution in [0.25, 0.3) is 17.4 Å². The SMILES string of the molecule is O=C(O)CCCCCN1C(=O)/C(=C/c2ccc(-c3cc(C(F)(F)F)ccc3C(F)(F)F)o2)SC1=S. The van der Waals surface area contributed by atoms with Crippen LogP contribution in [0.3, 0.4) is 0 Å². The first-order valence-corrected chi connectivity index (χ1v) is 11.4. The van der Waals surface area contributed by atoms with Crippen molar-refractivity contribution in [3.8, 4) is 11.3 Å². The van der Waals surface area contributed by atoms with Gasteiger partial charge in [0.05, 0.1) is 16.0 Å². The van der Waals surface area contributed by atoms with Crippen molar-refractivity contribution in [3.05, 3.63) is 52.1 Å². The topological polar surface area (TPSA) is 70.8 Å². The van der Waals surface area contributed by atoms with Crippen molar-refractivity contribution in [3.63, 3.8) is 0 Å². The minimum Gasteiger partial charge on any atom is -0.481 e. The number of carboxylic acids is 1. The number of nitrogens with zero attached hydrogens (tertiary/aromatic N) is 1. The Hall–Kier alpha value is -2.80. The van der Waals surface area contributed by atoms with Crippen LogP contribution in [0, 0.1) is 0 Å². The van der Waals surface area contributed by atoms with E-state index in [1.54, 1.807) is 0 Å². The third kappa shape index (κ3) is 6.66. The van der Waals surface area contributed by atoms with E-state index in [1.807, 2.05) is 0 Å². The number of halogens is 6. The summed E-state index contributed by atoms with van der Waals surface area (Å²) in [5.41, 5.74) is -3.33. The number of rotatable bonds is 8. The lowest BCUT2D eigenvalue weighted by Crippen LogP contribution is -2.29. The van der Waals surface area contributed by atoms with Gasteiger partial charge in [-0.1, -0.05) is 30.4 Å². The normalized spacial score (nSPS) is 15.9. The first kappa shape index (κ1) is 26.8. The van der Waals surface area contributed by atoms with E-state index in [0.29, 0.717) is 37.5 Å². The summed E-state index contributed by atoms with van der Waals surface area (Å²) < 4.78 is 85.0. The first-order valence-electron chi connectivity index (χ1n) is 10.1. The molecule has 2 heterocycles. The molecule has 1 aromatic heterocycles. The van der Waals surface area contributed by atoms with Crippen molar-refractivity contribution in [1.29, 1.82) is 0 Å². The van der Waals surface area contributed by atoms with Crippen LogP contribution in [-0.2, 0) is 21.9 Å². The highest BCUT2D eigenvalue weighted by molar-refractivity contribution is 8.26. The molecule has 3 rings (SSSR count). The summed E-state index contributed by atoms with van der Waals surface area (Å²) in [5.74, 6) is -1.84. The maximum Gasteiger partial charge on any atom is 0.417 e. The first-order chi connectivity index (χ1) is 16.3. The number of carboxylic acid groups (broad SMARTS) is 1. The number of benzene rings is 1. The third-order valence-corrected chi connectivity index (χ3v) is 6.34. The van der Waals surface area contributed by atoms with Crippen LogP contribution in [0.1, 0.15) is 42.6 Å². The molecule has 1 aliphatic rings. The van der Waals surface area contributed by atoms with Crippen LogP contribution in [0.4, 0.5) is 26.3 Å². The van der Waals surface area contributed by atoms with Crippen LogP contribution in [0.5, 0.6) is 0 Å². The molecule has 5 nitrogen and oxygen atoms in total. The highest BCUT2D eigenvalue weighted by atomic mass is 32.2. The Labute approximate surface area is 204 Å². The summed E-state index contributed by atoms with van der Waals surface area (Å²) >= 11 is 6.14. The minimum atomic E-state index is -4.92. The molecule has 0 atom stereocenters. The fourth-order valence-corrected chi connectivity index (χ4v) is 4.58. The molecule has 1 saturated heterocycles. The molecule has 35 heavy (non-hydrogen) atoms. The molecule has 188 valence electrons. The van der Waals surface area contributed by atoms with Gasteiger partial charge in [0.2, 0.25) is 0 Å². The Morgan fingerprint density at radius 2 is 1.77 bits per heavy atom. The van der Waals surface area contributed by atoms with Crippen molar-refractivity contribution in [1.82, 2.24) is 4.90 Å². The second-order valence-electron chi connectivity index (χ2n) is 7.50. The molecule has 1 aliphatic heterocycles. The molecule has 0 saturated carbocycles. The standard InChI is InChI=1S/C22H17F6NO4S2/c23-21(24,25)12-5-7-15(22(26,27)28)14(10-12)16-8-6-13(33-16)11-17-19(32)29(20(34)35-17)9-3-1-2-4-18(30)31/h5-8,10-11H,1-4,9H2,(H,30,31)/b17-11-. The fraction of sp³-hybridized carbons (Fsp3) is 0.318. The van der Waals surface area contributed by atoms with Gasteiger partial charge in [0, 0.05) is 24.6 Å². The predicted molar refractivity (Wildman–Crippen MR) is 120 cm³/mol. The highest BCUT2D eigenvalue weighted by Gasteiger charge is 2.38. The number of carbonyl (C=O) groups is 2. The summed E-state index contributed by atoms with van der Waals surface area (Å²) in [6.45, 7) is 0.268. The average molecular weight is 538 g/mol. The quantitative estimate of drug-likeness (QED) is 0.172. The van der Waals surface area contributed by atoms with Gasteiger partial charge < -0.3 is 9.52 Å². The van der Waals surface area contributed by atoms with Crippen LogP contribution < -0.4 is 0 Å². The summed E-state index contributed by atoms with van der Waals surface area (Å²) in [4.78, 5) is 24.7. The van der Waals surface area contributed by atoms with E-state index >= 15 is 0 Å². The fourth-order valence-electron chi connectivity index (χ4n) is 3.29. The maximum absolute atomic E-state index is 13.4. The Morgan fingerprint density at radius 1 is 1.06 bits per heavy atom. The molecule has 1 amide bonds. The number of amides is 1. The average Bonchev–Trinajstić information content (AvgIpc) is 3.31. The van der Waals surface area contributed by atoms with Gasteiger partial charge in [-0.3, -0.25) is 14.5 Å². The van der Waals surface area contributed by atoms with Gasteiger partial charge in [-0.25, -0.2) is 0 Å². The van der Waals surface area contributed by atoms with E-state index in [9.17, 15) is 35.9 Å². The summed E-state index contributed by atoms with van der Waals surface area (Å²) in [6, 6.07) is 3.41. The summed E-state index contributed by atoms with van der Waals surface area (Å²) in [6.07, 6.45) is -6.95. The van der Waals surface area contributed by atoms with Gasteiger partial charge in [0.25, 0.3) is 5.91 Å². The van der Waals surface area contributed by atoms with Crippen LogP contribution in [0.2, 0.25) is 0 Å². The van der Waals surface area contributed by atoms with Crippen molar-refractivity contribution in [2.24, 2.45) is 0 Å². The molecule has 0 aliphatic carbocycles. The number of carbonyl (C=O) groups excluding carboxylic acids is 1. The molecular weight excluding hydrogens is 520 g/mol. The van der Waals surface area contributed by atoms with Gasteiger partial charge in [-0.15, -0.1) is 0 Å².